The molecule has 0 radical (unpaired) electrons. The number of aliphatic hydroxyl groups is 1. The molecular weight excluding hydrogens is 174 g/mol. The Morgan fingerprint density at radius 1 is 1.00 bits per heavy atom. The number of hydrogen-bond donors (Lipinski definition) is 1. The largest absolute Gasteiger partial charge is 0.391 e. The molecule has 1 saturated heterocycles. The fraction of sp³-hybridized carbons (Fsp3) is 1.00. The molecule has 2 nitrogen and oxygen atoms in total. The average Bonchev–Trinajstić information content (AvgIpc) is 2.46. The first-order valence-electron chi connectivity index (χ1n) is 6.23. The van der Waals surface area contributed by atoms with Gasteiger partial charge < -0.3 is 5.11 Å². The lowest BCUT2D eigenvalue weighted by molar-refractivity contribution is 0.0493. The lowest BCUT2D eigenvalue weighted by Crippen LogP contribution is -2.45. The minimum Gasteiger partial charge on any atom is -0.391 e. The van der Waals surface area contributed by atoms with E-state index in [1.165, 1.54) is 45.1 Å². The molecule has 0 aromatic rings. The molecule has 14 heavy (non-hydrogen) atoms. The lowest BCUT2D eigenvalue weighted by Gasteiger charge is -2.34. The summed E-state index contributed by atoms with van der Waals surface area (Å²) < 4.78 is 0. The molecule has 0 bridgehead atoms. The van der Waals surface area contributed by atoms with E-state index in [0.29, 0.717) is 12.1 Å². The summed E-state index contributed by atoms with van der Waals surface area (Å²) in [4.78, 5) is 2.57. The first-order chi connectivity index (χ1) is 6.79. The summed E-state index contributed by atoms with van der Waals surface area (Å²) in [7, 11) is 0. The van der Waals surface area contributed by atoms with Crippen LogP contribution in [0, 0.1) is 0 Å². The number of likely N-dealkylation sites (tertiary alicyclic amines) is 1. The van der Waals surface area contributed by atoms with E-state index in [1.807, 2.05) is 0 Å². The van der Waals surface area contributed by atoms with Crippen LogP contribution >= 0.6 is 0 Å². The summed E-state index contributed by atoms with van der Waals surface area (Å²) in [5, 5.41) is 9.91. The summed E-state index contributed by atoms with van der Waals surface area (Å²) in [5.74, 6) is 0. The predicted octanol–water partition coefficient (Wildman–Crippen LogP) is 2.16. The zero-order valence-corrected chi connectivity index (χ0v) is 9.28. The molecule has 1 aliphatic carbocycles. The molecule has 0 aromatic carbocycles. The monoisotopic (exact) mass is 197 g/mol. The van der Waals surface area contributed by atoms with Crippen LogP contribution in [-0.4, -0.2) is 34.7 Å². The summed E-state index contributed by atoms with van der Waals surface area (Å²) in [6.45, 7) is 3.54. The van der Waals surface area contributed by atoms with Crippen LogP contribution in [-0.2, 0) is 0 Å². The topological polar surface area (TPSA) is 23.5 Å². The number of nitrogens with zero attached hydrogens (tertiary/aromatic N) is 1. The maximum absolute atomic E-state index is 9.91. The normalized spacial score (nSPS) is 41.1. The van der Waals surface area contributed by atoms with Gasteiger partial charge in [-0.3, -0.25) is 4.90 Å². The zero-order chi connectivity index (χ0) is 9.97. The van der Waals surface area contributed by atoms with Crippen molar-refractivity contribution in [2.24, 2.45) is 0 Å². The lowest BCUT2D eigenvalue weighted by atomic mass is 10.1. The summed E-state index contributed by atoms with van der Waals surface area (Å²) in [5.41, 5.74) is 0. The van der Waals surface area contributed by atoms with Crippen molar-refractivity contribution in [3.8, 4) is 0 Å². The molecule has 0 spiro atoms. The van der Waals surface area contributed by atoms with Crippen LogP contribution < -0.4 is 0 Å². The van der Waals surface area contributed by atoms with Gasteiger partial charge in [0.2, 0.25) is 0 Å². The van der Waals surface area contributed by atoms with Crippen molar-refractivity contribution in [1.29, 1.82) is 0 Å². The molecule has 1 saturated carbocycles. The Morgan fingerprint density at radius 2 is 1.86 bits per heavy atom. The van der Waals surface area contributed by atoms with E-state index < -0.39 is 0 Å². The molecule has 1 heterocycles. The maximum Gasteiger partial charge on any atom is 0.0695 e. The van der Waals surface area contributed by atoms with Gasteiger partial charge in [0.15, 0.2) is 0 Å². The minimum atomic E-state index is -0.0458. The van der Waals surface area contributed by atoms with Crippen LogP contribution in [0.4, 0.5) is 0 Å². The van der Waals surface area contributed by atoms with E-state index in [0.717, 1.165) is 6.42 Å². The summed E-state index contributed by atoms with van der Waals surface area (Å²) in [6.07, 6.45) is 8.81. The highest BCUT2D eigenvalue weighted by Crippen LogP contribution is 2.28. The van der Waals surface area contributed by atoms with Gasteiger partial charge >= 0.3 is 0 Å². The fourth-order valence-corrected chi connectivity index (χ4v) is 3.10. The second-order valence-corrected chi connectivity index (χ2v) is 5.00. The van der Waals surface area contributed by atoms with Crippen LogP contribution in [0.5, 0.6) is 0 Å². The molecule has 3 unspecified atom stereocenters. The van der Waals surface area contributed by atoms with Crippen molar-refractivity contribution in [1.82, 2.24) is 4.90 Å². The minimum absolute atomic E-state index is 0.0458. The second kappa shape index (κ2) is 4.63. The quantitative estimate of drug-likeness (QED) is 0.696. The van der Waals surface area contributed by atoms with E-state index >= 15 is 0 Å². The molecule has 2 rings (SSSR count). The van der Waals surface area contributed by atoms with Gasteiger partial charge in [-0.1, -0.05) is 12.8 Å². The van der Waals surface area contributed by atoms with Crippen LogP contribution in [0.2, 0.25) is 0 Å². The van der Waals surface area contributed by atoms with Crippen molar-refractivity contribution in [2.75, 3.05) is 6.54 Å². The van der Waals surface area contributed by atoms with Crippen LogP contribution in [0.1, 0.15) is 51.9 Å². The SMILES string of the molecule is CC1CCCCCN1C1CCCC1O. The number of rotatable bonds is 1. The van der Waals surface area contributed by atoms with Gasteiger partial charge in [0.05, 0.1) is 6.10 Å². The molecule has 1 N–H and O–H groups in total. The molecule has 1 aliphatic heterocycles. The molecular formula is C12H23NO. The number of aliphatic hydroxyl groups excluding tert-OH is 1. The van der Waals surface area contributed by atoms with E-state index in [4.69, 9.17) is 0 Å². The van der Waals surface area contributed by atoms with Gasteiger partial charge in [-0.25, -0.2) is 0 Å². The van der Waals surface area contributed by atoms with Crippen molar-refractivity contribution in [2.45, 2.75) is 70.1 Å². The Labute approximate surface area is 87.3 Å². The van der Waals surface area contributed by atoms with Gasteiger partial charge in [-0.2, -0.15) is 0 Å². The predicted molar refractivity (Wildman–Crippen MR) is 58.3 cm³/mol. The van der Waals surface area contributed by atoms with E-state index in [2.05, 4.69) is 11.8 Å². The Bertz CT molecular complexity index is 183. The highest BCUT2D eigenvalue weighted by Gasteiger charge is 2.33. The van der Waals surface area contributed by atoms with Gasteiger partial charge in [-0.15, -0.1) is 0 Å². The highest BCUT2D eigenvalue weighted by molar-refractivity contribution is 4.88. The fourth-order valence-electron chi connectivity index (χ4n) is 3.10. The third kappa shape index (κ3) is 2.12. The number of hydrogen-bond acceptors (Lipinski definition) is 2. The molecule has 2 heteroatoms. The van der Waals surface area contributed by atoms with Crippen LogP contribution in [0.25, 0.3) is 0 Å². The van der Waals surface area contributed by atoms with Gasteiger partial charge in [-0.05, 0) is 45.6 Å². The molecule has 3 atom stereocenters. The van der Waals surface area contributed by atoms with Crippen molar-refractivity contribution >= 4 is 0 Å². The zero-order valence-electron chi connectivity index (χ0n) is 9.28. The Hall–Kier alpha value is -0.0800. The van der Waals surface area contributed by atoms with E-state index in [1.54, 1.807) is 0 Å². The molecule has 2 fully saturated rings. The van der Waals surface area contributed by atoms with Gasteiger partial charge in [0.1, 0.15) is 0 Å². The average molecular weight is 197 g/mol. The summed E-state index contributed by atoms with van der Waals surface area (Å²) in [6, 6.07) is 1.17. The second-order valence-electron chi connectivity index (χ2n) is 5.00. The Kier molecular flexibility index (Phi) is 3.45. The van der Waals surface area contributed by atoms with Crippen LogP contribution in [0.3, 0.4) is 0 Å². The van der Waals surface area contributed by atoms with Gasteiger partial charge in [0.25, 0.3) is 0 Å². The van der Waals surface area contributed by atoms with Crippen molar-refractivity contribution < 1.29 is 5.11 Å². The van der Waals surface area contributed by atoms with Crippen LogP contribution in [0.15, 0.2) is 0 Å². The molecule has 2 aliphatic rings. The molecule has 82 valence electrons. The standard InChI is InChI=1S/C12H23NO/c1-10-6-3-2-4-9-13(10)11-7-5-8-12(11)14/h10-12,14H,2-9H2,1H3. The van der Waals surface area contributed by atoms with Crippen molar-refractivity contribution in [3.05, 3.63) is 0 Å². The Morgan fingerprint density at radius 3 is 2.57 bits per heavy atom. The summed E-state index contributed by atoms with van der Waals surface area (Å²) >= 11 is 0. The third-order valence-corrected chi connectivity index (χ3v) is 3.97. The highest BCUT2D eigenvalue weighted by atomic mass is 16.3. The molecule has 0 amide bonds. The first-order valence-corrected chi connectivity index (χ1v) is 6.23. The van der Waals surface area contributed by atoms with E-state index in [-0.39, 0.29) is 6.10 Å². The smallest absolute Gasteiger partial charge is 0.0695 e. The van der Waals surface area contributed by atoms with Gasteiger partial charge in [0, 0.05) is 12.1 Å². The third-order valence-electron chi connectivity index (χ3n) is 3.97. The van der Waals surface area contributed by atoms with E-state index in [9.17, 15) is 5.11 Å². The Balaban J connectivity index is 1.99. The maximum atomic E-state index is 9.91. The first kappa shape index (κ1) is 10.4. The van der Waals surface area contributed by atoms with Crippen molar-refractivity contribution in [3.63, 3.8) is 0 Å². The molecule has 0 aromatic heterocycles.